The zero-order valence-corrected chi connectivity index (χ0v) is 13.6. The summed E-state index contributed by atoms with van der Waals surface area (Å²) in [6.07, 6.45) is 1.49. The highest BCUT2D eigenvalue weighted by atomic mass is 16.6. The van der Waals surface area contributed by atoms with Crippen molar-refractivity contribution in [2.24, 2.45) is 0 Å². The fourth-order valence-corrected chi connectivity index (χ4v) is 3.72. The SMILES string of the molecule is O=C(Nc1ccc2c3c(cccc13)CC2)[C@H]1COc2ccccc2O1. The first-order chi connectivity index (χ1) is 12.3. The van der Waals surface area contributed by atoms with Crippen molar-refractivity contribution in [2.75, 3.05) is 11.9 Å². The van der Waals surface area contributed by atoms with Crippen molar-refractivity contribution < 1.29 is 14.3 Å². The number of para-hydroxylation sites is 2. The van der Waals surface area contributed by atoms with Gasteiger partial charge < -0.3 is 14.8 Å². The topological polar surface area (TPSA) is 47.6 Å². The Labute approximate surface area is 145 Å². The van der Waals surface area contributed by atoms with Crippen LogP contribution in [0.3, 0.4) is 0 Å². The van der Waals surface area contributed by atoms with Crippen LogP contribution in [0.1, 0.15) is 11.1 Å². The summed E-state index contributed by atoms with van der Waals surface area (Å²) >= 11 is 0. The molecule has 2 aliphatic rings. The Morgan fingerprint density at radius 3 is 2.60 bits per heavy atom. The van der Waals surface area contributed by atoms with Crippen LogP contribution in [-0.2, 0) is 17.6 Å². The van der Waals surface area contributed by atoms with Gasteiger partial charge in [0.1, 0.15) is 6.61 Å². The van der Waals surface area contributed by atoms with Gasteiger partial charge in [0.25, 0.3) is 5.91 Å². The lowest BCUT2D eigenvalue weighted by Gasteiger charge is -2.25. The second-order valence-electron chi connectivity index (χ2n) is 6.47. The van der Waals surface area contributed by atoms with E-state index in [4.69, 9.17) is 9.47 Å². The maximum absolute atomic E-state index is 12.7. The molecular formula is C21H17NO3. The molecule has 1 atom stereocenters. The van der Waals surface area contributed by atoms with E-state index in [0.717, 1.165) is 23.9 Å². The third-order valence-electron chi connectivity index (χ3n) is 4.94. The van der Waals surface area contributed by atoms with E-state index in [0.29, 0.717) is 11.5 Å². The lowest BCUT2D eigenvalue weighted by molar-refractivity contribution is -0.125. The number of hydrogen-bond acceptors (Lipinski definition) is 3. The zero-order chi connectivity index (χ0) is 16.8. The largest absolute Gasteiger partial charge is 0.485 e. The normalized spacial score (nSPS) is 17.5. The molecule has 0 unspecified atom stereocenters. The van der Waals surface area contributed by atoms with E-state index < -0.39 is 6.10 Å². The minimum absolute atomic E-state index is 0.187. The van der Waals surface area contributed by atoms with Crippen LogP contribution in [0.25, 0.3) is 10.8 Å². The predicted octanol–water partition coefficient (Wildman–Crippen LogP) is 3.72. The van der Waals surface area contributed by atoms with Gasteiger partial charge in [0.15, 0.2) is 11.5 Å². The molecule has 25 heavy (non-hydrogen) atoms. The van der Waals surface area contributed by atoms with Gasteiger partial charge in [-0.25, -0.2) is 0 Å². The van der Waals surface area contributed by atoms with Gasteiger partial charge in [-0.2, -0.15) is 0 Å². The predicted molar refractivity (Wildman–Crippen MR) is 96.3 cm³/mol. The van der Waals surface area contributed by atoms with Crippen molar-refractivity contribution in [1.29, 1.82) is 0 Å². The maximum Gasteiger partial charge on any atom is 0.269 e. The fourth-order valence-electron chi connectivity index (χ4n) is 3.72. The van der Waals surface area contributed by atoms with Gasteiger partial charge in [0.05, 0.1) is 0 Å². The van der Waals surface area contributed by atoms with Gasteiger partial charge in [-0.3, -0.25) is 4.79 Å². The summed E-state index contributed by atoms with van der Waals surface area (Å²) in [5, 5.41) is 5.40. The fraction of sp³-hybridized carbons (Fsp3) is 0.190. The molecule has 3 aromatic carbocycles. The molecule has 1 aliphatic carbocycles. The van der Waals surface area contributed by atoms with Crippen LogP contribution in [-0.4, -0.2) is 18.6 Å². The Morgan fingerprint density at radius 1 is 0.920 bits per heavy atom. The van der Waals surface area contributed by atoms with Crippen LogP contribution in [0.2, 0.25) is 0 Å². The third-order valence-corrected chi connectivity index (χ3v) is 4.94. The Bertz CT molecular complexity index is 985. The molecule has 124 valence electrons. The summed E-state index contributed by atoms with van der Waals surface area (Å²) < 4.78 is 11.4. The summed E-state index contributed by atoms with van der Waals surface area (Å²) in [6.45, 7) is 0.212. The van der Waals surface area contributed by atoms with Gasteiger partial charge in [-0.1, -0.05) is 36.4 Å². The van der Waals surface area contributed by atoms with Crippen molar-refractivity contribution in [2.45, 2.75) is 18.9 Å². The van der Waals surface area contributed by atoms with Crippen LogP contribution in [0, 0.1) is 0 Å². The number of rotatable bonds is 2. The molecular weight excluding hydrogens is 314 g/mol. The van der Waals surface area contributed by atoms with Crippen LogP contribution in [0.4, 0.5) is 5.69 Å². The lowest BCUT2D eigenvalue weighted by atomic mass is 10.0. The van der Waals surface area contributed by atoms with Gasteiger partial charge in [-0.15, -0.1) is 0 Å². The van der Waals surface area contributed by atoms with E-state index in [9.17, 15) is 4.79 Å². The minimum atomic E-state index is -0.655. The number of carbonyl (C=O) groups is 1. The molecule has 0 saturated carbocycles. The smallest absolute Gasteiger partial charge is 0.269 e. The Hall–Kier alpha value is -3.01. The highest BCUT2D eigenvalue weighted by molar-refractivity contribution is 6.06. The molecule has 4 nitrogen and oxygen atoms in total. The summed E-state index contributed by atoms with van der Waals surface area (Å²) in [4.78, 5) is 12.7. The van der Waals surface area contributed by atoms with Gasteiger partial charge in [0.2, 0.25) is 6.10 Å². The summed E-state index contributed by atoms with van der Waals surface area (Å²) in [5.41, 5.74) is 3.54. The molecule has 0 radical (unpaired) electrons. The number of benzene rings is 3. The highest BCUT2D eigenvalue weighted by Crippen LogP contribution is 2.35. The van der Waals surface area contributed by atoms with Crippen molar-refractivity contribution in [3.8, 4) is 11.5 Å². The molecule has 1 aliphatic heterocycles. The molecule has 0 spiro atoms. The molecule has 0 saturated heterocycles. The molecule has 0 aromatic heterocycles. The molecule has 1 N–H and O–H groups in total. The average Bonchev–Trinajstić information content (AvgIpc) is 3.08. The number of fused-ring (bicyclic) bond motifs is 1. The average molecular weight is 331 g/mol. The molecule has 3 aromatic rings. The van der Waals surface area contributed by atoms with Crippen LogP contribution in [0.15, 0.2) is 54.6 Å². The van der Waals surface area contributed by atoms with E-state index in [1.54, 1.807) is 0 Å². The summed E-state index contributed by atoms with van der Waals surface area (Å²) in [5.74, 6) is 1.10. The number of ether oxygens (including phenoxy) is 2. The van der Waals surface area contributed by atoms with Crippen molar-refractivity contribution in [1.82, 2.24) is 0 Å². The van der Waals surface area contributed by atoms with E-state index in [-0.39, 0.29) is 12.5 Å². The molecule has 0 bridgehead atoms. The molecule has 1 amide bonds. The van der Waals surface area contributed by atoms with E-state index >= 15 is 0 Å². The zero-order valence-electron chi connectivity index (χ0n) is 13.6. The van der Waals surface area contributed by atoms with Gasteiger partial charge >= 0.3 is 0 Å². The molecule has 4 heteroatoms. The number of amides is 1. The van der Waals surface area contributed by atoms with Crippen LogP contribution >= 0.6 is 0 Å². The first kappa shape index (κ1) is 14.3. The monoisotopic (exact) mass is 331 g/mol. The summed E-state index contributed by atoms with van der Waals surface area (Å²) in [6, 6.07) is 17.8. The molecule has 5 rings (SSSR count). The first-order valence-electron chi connectivity index (χ1n) is 8.52. The lowest BCUT2D eigenvalue weighted by Crippen LogP contribution is -2.40. The first-order valence-corrected chi connectivity index (χ1v) is 8.52. The number of aryl methyl sites for hydroxylation is 2. The third kappa shape index (κ3) is 2.33. The van der Waals surface area contributed by atoms with Crippen molar-refractivity contribution >= 4 is 22.4 Å². The van der Waals surface area contributed by atoms with Crippen molar-refractivity contribution in [3.63, 3.8) is 0 Å². The number of nitrogens with one attached hydrogen (secondary N) is 1. The molecule has 1 heterocycles. The maximum atomic E-state index is 12.7. The Balaban J connectivity index is 1.43. The standard InChI is InChI=1S/C21H17NO3/c23-21(19-12-24-17-6-1-2-7-18(17)25-19)22-16-11-10-14-9-8-13-4-3-5-15(16)20(13)14/h1-7,10-11,19H,8-9,12H2,(H,22,23)/t19-/m1/s1. The quantitative estimate of drug-likeness (QED) is 0.778. The van der Waals surface area contributed by atoms with Crippen LogP contribution < -0.4 is 14.8 Å². The van der Waals surface area contributed by atoms with Gasteiger partial charge in [0, 0.05) is 11.1 Å². The second-order valence-corrected chi connectivity index (χ2v) is 6.47. The number of carbonyl (C=O) groups excluding carboxylic acids is 1. The Kier molecular flexibility index (Phi) is 3.17. The van der Waals surface area contributed by atoms with Crippen molar-refractivity contribution in [3.05, 3.63) is 65.7 Å². The van der Waals surface area contributed by atoms with E-state index in [1.807, 2.05) is 30.3 Å². The Morgan fingerprint density at radius 2 is 1.72 bits per heavy atom. The number of hydrogen-bond donors (Lipinski definition) is 1. The van der Waals surface area contributed by atoms with Crippen LogP contribution in [0.5, 0.6) is 11.5 Å². The van der Waals surface area contributed by atoms with E-state index in [1.165, 1.54) is 16.5 Å². The highest BCUT2D eigenvalue weighted by Gasteiger charge is 2.28. The minimum Gasteiger partial charge on any atom is -0.485 e. The number of anilines is 1. The van der Waals surface area contributed by atoms with Gasteiger partial charge in [-0.05, 0) is 47.6 Å². The van der Waals surface area contributed by atoms with E-state index in [2.05, 4.69) is 29.6 Å². The summed E-state index contributed by atoms with van der Waals surface area (Å²) in [7, 11) is 0. The molecule has 0 fully saturated rings. The second kappa shape index (κ2) is 5.52.